The highest BCUT2D eigenvalue weighted by molar-refractivity contribution is 7.92. The molecule has 168 valence electrons. The number of ether oxygens (including phenoxy) is 2. The zero-order chi connectivity index (χ0) is 22.8. The number of fused-ring (bicyclic) bond motifs is 1. The summed E-state index contributed by atoms with van der Waals surface area (Å²) in [4.78, 5) is 14.4. The lowest BCUT2D eigenvalue weighted by Gasteiger charge is -2.28. The second-order valence-electron chi connectivity index (χ2n) is 7.94. The van der Waals surface area contributed by atoms with Gasteiger partial charge in [-0.3, -0.25) is 9.52 Å². The summed E-state index contributed by atoms with van der Waals surface area (Å²) in [5, 5.41) is 0. The molecule has 0 radical (unpaired) electrons. The Balaban J connectivity index is 1.94. The molecule has 1 aliphatic rings. The third kappa shape index (κ3) is 4.76. The molecule has 0 aromatic heterocycles. The van der Waals surface area contributed by atoms with Gasteiger partial charge >= 0.3 is 0 Å². The van der Waals surface area contributed by atoms with Gasteiger partial charge in [0.15, 0.2) is 11.6 Å². The minimum absolute atomic E-state index is 0.0139. The molecule has 31 heavy (non-hydrogen) atoms. The molecule has 1 heterocycles. The van der Waals surface area contributed by atoms with Crippen molar-refractivity contribution in [2.45, 2.75) is 39.0 Å². The maximum absolute atomic E-state index is 14.2. The maximum Gasteiger partial charge on any atom is 0.262 e. The molecule has 7 nitrogen and oxygen atoms in total. The summed E-state index contributed by atoms with van der Waals surface area (Å²) < 4.78 is 53.2. The summed E-state index contributed by atoms with van der Waals surface area (Å²) >= 11 is 0. The van der Waals surface area contributed by atoms with Gasteiger partial charge in [0.25, 0.3) is 10.0 Å². The van der Waals surface area contributed by atoms with Gasteiger partial charge in [-0.15, -0.1) is 0 Å². The second-order valence-corrected chi connectivity index (χ2v) is 9.62. The summed E-state index contributed by atoms with van der Waals surface area (Å²) in [6.45, 7) is 8.25. The average Bonchev–Trinajstić information content (AvgIpc) is 2.80. The zero-order valence-corrected chi connectivity index (χ0v) is 18.9. The molecule has 0 atom stereocenters. The van der Waals surface area contributed by atoms with E-state index in [9.17, 15) is 17.6 Å². The van der Waals surface area contributed by atoms with Crippen molar-refractivity contribution in [3.63, 3.8) is 0 Å². The fourth-order valence-electron chi connectivity index (χ4n) is 3.29. The van der Waals surface area contributed by atoms with Gasteiger partial charge in [0, 0.05) is 6.54 Å². The number of carbonyl (C=O) groups excluding carboxylic acids is 1. The van der Waals surface area contributed by atoms with Crippen LogP contribution in [-0.2, 0) is 14.8 Å². The highest BCUT2D eigenvalue weighted by atomic mass is 32.2. The minimum Gasteiger partial charge on any atom is -0.491 e. The van der Waals surface area contributed by atoms with Crippen LogP contribution in [0, 0.1) is 11.2 Å². The van der Waals surface area contributed by atoms with E-state index in [1.54, 1.807) is 30.0 Å². The number of rotatable bonds is 7. The molecule has 0 saturated carbocycles. The molecular weight excluding hydrogens is 423 g/mol. The van der Waals surface area contributed by atoms with E-state index in [-0.39, 0.29) is 35.5 Å². The van der Waals surface area contributed by atoms with Gasteiger partial charge in [-0.05, 0) is 63.6 Å². The van der Waals surface area contributed by atoms with Crippen molar-refractivity contribution in [2.75, 3.05) is 29.4 Å². The van der Waals surface area contributed by atoms with Crippen LogP contribution in [0.25, 0.3) is 0 Å². The average molecular weight is 451 g/mol. The Morgan fingerprint density at radius 2 is 1.94 bits per heavy atom. The van der Waals surface area contributed by atoms with Crippen LogP contribution in [0.15, 0.2) is 41.3 Å². The van der Waals surface area contributed by atoms with Crippen molar-refractivity contribution in [1.82, 2.24) is 0 Å². The molecule has 0 spiro atoms. The molecular formula is C22H27FN2O5S. The highest BCUT2D eigenvalue weighted by Crippen LogP contribution is 2.38. The molecule has 1 aliphatic heterocycles. The third-order valence-corrected chi connectivity index (χ3v) is 6.25. The third-order valence-electron chi connectivity index (χ3n) is 4.88. The zero-order valence-electron chi connectivity index (χ0n) is 18.1. The Kier molecular flexibility index (Phi) is 6.45. The molecule has 0 unspecified atom stereocenters. The number of benzene rings is 2. The Hall–Kier alpha value is -2.81. The first-order valence-electron chi connectivity index (χ1n) is 10.1. The van der Waals surface area contributed by atoms with Crippen LogP contribution < -0.4 is 19.1 Å². The molecule has 0 aliphatic carbocycles. The Morgan fingerprint density at radius 3 is 2.58 bits per heavy atom. The van der Waals surface area contributed by atoms with Crippen LogP contribution in [0.3, 0.4) is 0 Å². The van der Waals surface area contributed by atoms with Gasteiger partial charge in [0.2, 0.25) is 5.91 Å². The van der Waals surface area contributed by atoms with Gasteiger partial charge in [0.1, 0.15) is 12.4 Å². The van der Waals surface area contributed by atoms with E-state index < -0.39 is 21.3 Å². The summed E-state index contributed by atoms with van der Waals surface area (Å²) in [7, 11) is -4.06. The predicted octanol–water partition coefficient (Wildman–Crippen LogP) is 4.19. The van der Waals surface area contributed by atoms with Crippen molar-refractivity contribution in [2.24, 2.45) is 5.41 Å². The fraction of sp³-hybridized carbons (Fsp3) is 0.409. The van der Waals surface area contributed by atoms with E-state index >= 15 is 0 Å². The second kappa shape index (κ2) is 8.74. The Morgan fingerprint density at radius 1 is 1.19 bits per heavy atom. The first-order chi connectivity index (χ1) is 14.6. The number of sulfonamides is 1. The van der Waals surface area contributed by atoms with E-state index in [2.05, 4.69) is 4.72 Å². The number of nitrogens with one attached hydrogen (secondary N) is 1. The molecule has 3 rings (SSSR count). The number of hydrogen-bond acceptors (Lipinski definition) is 5. The summed E-state index contributed by atoms with van der Waals surface area (Å²) in [5.41, 5.74) is 0.0222. The highest BCUT2D eigenvalue weighted by Gasteiger charge is 2.37. The largest absolute Gasteiger partial charge is 0.491 e. The summed E-state index contributed by atoms with van der Waals surface area (Å²) in [6, 6.07) is 8.21. The van der Waals surface area contributed by atoms with Crippen molar-refractivity contribution in [3.8, 4) is 11.5 Å². The van der Waals surface area contributed by atoms with E-state index in [1.165, 1.54) is 12.1 Å². The van der Waals surface area contributed by atoms with Crippen LogP contribution >= 0.6 is 0 Å². The van der Waals surface area contributed by atoms with Gasteiger partial charge in [0.05, 0.1) is 28.3 Å². The topological polar surface area (TPSA) is 84.9 Å². The summed E-state index contributed by atoms with van der Waals surface area (Å²) in [6.07, 6.45) is 0.725. The van der Waals surface area contributed by atoms with Crippen molar-refractivity contribution >= 4 is 27.3 Å². The van der Waals surface area contributed by atoms with E-state index in [0.29, 0.717) is 18.0 Å². The molecule has 1 N–H and O–H groups in total. The number of nitrogens with zero attached hydrogens (tertiary/aromatic N) is 1. The fourth-order valence-corrected chi connectivity index (χ4v) is 4.35. The number of hydrogen-bond donors (Lipinski definition) is 1. The van der Waals surface area contributed by atoms with Crippen LogP contribution in [0.2, 0.25) is 0 Å². The lowest BCUT2D eigenvalue weighted by Crippen LogP contribution is -2.42. The number of amides is 1. The lowest BCUT2D eigenvalue weighted by atomic mass is 9.93. The molecule has 1 amide bonds. The Labute approximate surface area is 182 Å². The SMILES string of the molecule is CCCN1C(=O)C(C)(C)COc2ccc(NS(=O)(=O)c3ccc(OCC)c(F)c3)cc21. The number of anilines is 2. The van der Waals surface area contributed by atoms with Crippen LogP contribution in [0.4, 0.5) is 15.8 Å². The van der Waals surface area contributed by atoms with E-state index in [4.69, 9.17) is 9.47 Å². The molecule has 0 saturated heterocycles. The number of halogens is 1. The minimum atomic E-state index is -4.06. The van der Waals surface area contributed by atoms with Crippen LogP contribution in [-0.4, -0.2) is 34.1 Å². The first kappa shape index (κ1) is 22.9. The number of carbonyl (C=O) groups is 1. The monoisotopic (exact) mass is 450 g/mol. The molecule has 2 aromatic carbocycles. The first-order valence-corrected chi connectivity index (χ1v) is 11.6. The molecule has 9 heteroatoms. The van der Waals surface area contributed by atoms with E-state index in [0.717, 1.165) is 12.5 Å². The molecule has 0 bridgehead atoms. The van der Waals surface area contributed by atoms with Crippen molar-refractivity contribution in [3.05, 3.63) is 42.2 Å². The van der Waals surface area contributed by atoms with E-state index in [1.807, 2.05) is 20.8 Å². The van der Waals surface area contributed by atoms with Crippen molar-refractivity contribution < 1.29 is 27.1 Å². The van der Waals surface area contributed by atoms with Crippen LogP contribution in [0.1, 0.15) is 34.1 Å². The summed E-state index contributed by atoms with van der Waals surface area (Å²) in [5.74, 6) is -0.369. The predicted molar refractivity (Wildman–Crippen MR) is 117 cm³/mol. The smallest absolute Gasteiger partial charge is 0.262 e. The standard InChI is InChI=1S/C22H27FN2O5S/c1-5-11-25-18-12-15(7-9-20(18)30-14-22(3,4)21(25)26)24-31(27,28)16-8-10-19(29-6-2)17(23)13-16/h7-10,12-13,24H,5-6,11,14H2,1-4H3. The normalized spacial score (nSPS) is 15.6. The van der Waals surface area contributed by atoms with Gasteiger partial charge in [-0.25, -0.2) is 12.8 Å². The van der Waals surface area contributed by atoms with Crippen LogP contribution in [0.5, 0.6) is 11.5 Å². The lowest BCUT2D eigenvalue weighted by molar-refractivity contribution is -0.127. The van der Waals surface area contributed by atoms with Gasteiger partial charge < -0.3 is 14.4 Å². The van der Waals surface area contributed by atoms with Gasteiger partial charge in [-0.1, -0.05) is 6.92 Å². The Bertz CT molecular complexity index is 1090. The maximum atomic E-state index is 14.2. The molecule has 0 fully saturated rings. The van der Waals surface area contributed by atoms with Crippen molar-refractivity contribution in [1.29, 1.82) is 0 Å². The molecule has 2 aromatic rings. The van der Waals surface area contributed by atoms with Gasteiger partial charge in [-0.2, -0.15) is 0 Å². The quantitative estimate of drug-likeness (QED) is 0.684.